The Labute approximate surface area is 95.2 Å². The highest BCUT2D eigenvalue weighted by atomic mass is 31.2. The van der Waals surface area contributed by atoms with Gasteiger partial charge in [0.15, 0.2) is 0 Å². The molecular weight excluding hydrogens is 235 g/mol. The van der Waals surface area contributed by atoms with Crippen molar-refractivity contribution in [1.82, 2.24) is 0 Å². The van der Waals surface area contributed by atoms with Crippen molar-refractivity contribution in [3.8, 4) is 0 Å². The van der Waals surface area contributed by atoms with Crippen molar-refractivity contribution in [2.45, 2.75) is 39.0 Å². The molecule has 16 heavy (non-hydrogen) atoms. The van der Waals surface area contributed by atoms with Crippen molar-refractivity contribution < 1.29 is 28.4 Å². The van der Waals surface area contributed by atoms with Gasteiger partial charge >= 0.3 is 13.8 Å². The van der Waals surface area contributed by atoms with E-state index < -0.39 is 7.82 Å². The van der Waals surface area contributed by atoms with Gasteiger partial charge in [-0.25, -0.2) is 4.57 Å². The molecule has 0 aliphatic carbocycles. The zero-order valence-corrected chi connectivity index (χ0v) is 10.3. The van der Waals surface area contributed by atoms with Gasteiger partial charge in [-0.2, -0.15) is 0 Å². The van der Waals surface area contributed by atoms with Gasteiger partial charge in [0.2, 0.25) is 0 Å². The van der Waals surface area contributed by atoms with Crippen LogP contribution in [0.2, 0.25) is 0 Å². The van der Waals surface area contributed by atoms with Crippen molar-refractivity contribution in [2.75, 3.05) is 13.2 Å². The Kier molecular flexibility index (Phi) is 8.47. The van der Waals surface area contributed by atoms with Crippen LogP contribution in [0, 0.1) is 0 Å². The molecule has 0 aromatic carbocycles. The number of hydrogen-bond acceptors (Lipinski definition) is 4. The van der Waals surface area contributed by atoms with Crippen molar-refractivity contribution >= 4 is 13.8 Å². The maximum Gasteiger partial charge on any atom is 0.469 e. The normalized spacial score (nSPS) is 11.4. The third-order valence-corrected chi connectivity index (χ3v) is 2.28. The number of rotatable bonds is 9. The van der Waals surface area contributed by atoms with Gasteiger partial charge in [0, 0.05) is 6.42 Å². The first kappa shape index (κ1) is 15.6. The Balaban J connectivity index is 3.22. The number of carbonyl (C=O) groups excluding carboxylic acids is 1. The first-order valence-corrected chi connectivity index (χ1v) is 6.84. The van der Waals surface area contributed by atoms with Gasteiger partial charge in [0.1, 0.15) is 0 Å². The van der Waals surface area contributed by atoms with E-state index in [-0.39, 0.29) is 12.6 Å². The van der Waals surface area contributed by atoms with Crippen LogP contribution in [0.15, 0.2) is 0 Å². The molecule has 0 amide bonds. The summed E-state index contributed by atoms with van der Waals surface area (Å²) in [6.45, 7) is 2.28. The van der Waals surface area contributed by atoms with E-state index in [9.17, 15) is 9.36 Å². The average Bonchev–Trinajstić information content (AvgIpc) is 2.15. The fraction of sp³-hybridized carbons (Fsp3) is 0.889. The minimum Gasteiger partial charge on any atom is -0.466 e. The van der Waals surface area contributed by atoms with Gasteiger partial charge in [-0.05, 0) is 25.7 Å². The number of phosphoric ester groups is 1. The quantitative estimate of drug-likeness (QED) is 0.369. The van der Waals surface area contributed by atoms with E-state index in [0.717, 1.165) is 6.42 Å². The number of phosphoric acid groups is 1. The second-order valence-electron chi connectivity index (χ2n) is 3.35. The lowest BCUT2D eigenvalue weighted by molar-refractivity contribution is -0.143. The standard InChI is InChI=1S/C9H19O6P/c1-2-6-9(10)14-7-4-3-5-8-15-16(11,12)13/h2-8H2,1H3,(H2,11,12,13). The summed E-state index contributed by atoms with van der Waals surface area (Å²) in [4.78, 5) is 27.7. The molecule has 0 radical (unpaired) electrons. The Hall–Kier alpha value is -0.420. The molecule has 0 rings (SSSR count). The molecule has 0 aromatic rings. The molecule has 0 atom stereocenters. The van der Waals surface area contributed by atoms with E-state index in [1.807, 2.05) is 6.92 Å². The van der Waals surface area contributed by atoms with Crippen molar-refractivity contribution in [1.29, 1.82) is 0 Å². The first-order valence-electron chi connectivity index (χ1n) is 5.31. The molecule has 0 saturated heterocycles. The second kappa shape index (κ2) is 8.70. The van der Waals surface area contributed by atoms with Gasteiger partial charge in [-0.3, -0.25) is 9.32 Å². The summed E-state index contributed by atoms with van der Waals surface area (Å²) in [5.41, 5.74) is 0. The van der Waals surface area contributed by atoms with Crippen LogP contribution in [-0.2, 0) is 18.6 Å². The van der Waals surface area contributed by atoms with E-state index in [0.29, 0.717) is 32.3 Å². The molecule has 96 valence electrons. The minimum absolute atomic E-state index is 0.0210. The Bertz CT molecular complexity index is 236. The maximum atomic E-state index is 10.9. The lowest BCUT2D eigenvalue weighted by atomic mass is 10.2. The largest absolute Gasteiger partial charge is 0.469 e. The van der Waals surface area contributed by atoms with E-state index in [2.05, 4.69) is 4.52 Å². The average molecular weight is 254 g/mol. The molecule has 0 bridgehead atoms. The number of ether oxygens (including phenoxy) is 1. The van der Waals surface area contributed by atoms with Crippen molar-refractivity contribution in [3.05, 3.63) is 0 Å². The highest BCUT2D eigenvalue weighted by molar-refractivity contribution is 7.46. The predicted molar refractivity (Wildman–Crippen MR) is 57.7 cm³/mol. The molecule has 0 aliphatic rings. The van der Waals surface area contributed by atoms with Crippen LogP contribution in [0.1, 0.15) is 39.0 Å². The zero-order chi connectivity index (χ0) is 12.4. The lowest BCUT2D eigenvalue weighted by Gasteiger charge is -2.05. The monoisotopic (exact) mass is 254 g/mol. The van der Waals surface area contributed by atoms with Crippen LogP contribution in [0.3, 0.4) is 0 Å². The molecule has 0 aromatic heterocycles. The smallest absolute Gasteiger partial charge is 0.466 e. The van der Waals surface area contributed by atoms with E-state index >= 15 is 0 Å². The number of hydrogen-bond donors (Lipinski definition) is 2. The zero-order valence-electron chi connectivity index (χ0n) is 9.42. The molecule has 0 spiro atoms. The van der Waals surface area contributed by atoms with Crippen LogP contribution >= 0.6 is 7.82 Å². The summed E-state index contributed by atoms with van der Waals surface area (Å²) >= 11 is 0. The fourth-order valence-corrected chi connectivity index (χ4v) is 1.39. The van der Waals surface area contributed by atoms with E-state index in [1.54, 1.807) is 0 Å². The second-order valence-corrected chi connectivity index (χ2v) is 4.59. The molecule has 0 unspecified atom stereocenters. The van der Waals surface area contributed by atoms with Gasteiger partial charge in [0.05, 0.1) is 13.2 Å². The molecular formula is C9H19O6P. The number of unbranched alkanes of at least 4 members (excludes halogenated alkanes) is 2. The summed E-state index contributed by atoms with van der Waals surface area (Å²) in [5, 5.41) is 0. The number of carbonyl (C=O) groups is 1. The summed E-state index contributed by atoms with van der Waals surface area (Å²) in [6, 6.07) is 0. The van der Waals surface area contributed by atoms with Crippen LogP contribution in [0.25, 0.3) is 0 Å². The minimum atomic E-state index is -4.33. The molecule has 0 aliphatic heterocycles. The summed E-state index contributed by atoms with van der Waals surface area (Å²) < 4.78 is 19.4. The molecule has 0 fully saturated rings. The van der Waals surface area contributed by atoms with Gasteiger partial charge < -0.3 is 14.5 Å². The van der Waals surface area contributed by atoms with Gasteiger partial charge in [0.25, 0.3) is 0 Å². The van der Waals surface area contributed by atoms with Crippen LogP contribution < -0.4 is 0 Å². The van der Waals surface area contributed by atoms with Crippen molar-refractivity contribution in [2.24, 2.45) is 0 Å². The number of esters is 1. The third-order valence-electron chi connectivity index (χ3n) is 1.77. The SMILES string of the molecule is CCCC(=O)OCCCCCOP(=O)(O)O. The van der Waals surface area contributed by atoms with Gasteiger partial charge in [-0.1, -0.05) is 6.92 Å². The molecule has 7 heteroatoms. The van der Waals surface area contributed by atoms with Crippen LogP contribution in [0.4, 0.5) is 0 Å². The van der Waals surface area contributed by atoms with Crippen LogP contribution in [0.5, 0.6) is 0 Å². The molecule has 0 saturated carbocycles. The van der Waals surface area contributed by atoms with Crippen LogP contribution in [-0.4, -0.2) is 29.0 Å². The Morgan fingerprint density at radius 1 is 1.19 bits per heavy atom. The van der Waals surface area contributed by atoms with E-state index in [4.69, 9.17) is 14.5 Å². The topological polar surface area (TPSA) is 93.1 Å². The lowest BCUT2D eigenvalue weighted by Crippen LogP contribution is -2.05. The Morgan fingerprint density at radius 2 is 1.81 bits per heavy atom. The van der Waals surface area contributed by atoms with Crippen molar-refractivity contribution in [3.63, 3.8) is 0 Å². The van der Waals surface area contributed by atoms with E-state index in [1.165, 1.54) is 0 Å². The first-order chi connectivity index (χ1) is 7.45. The third kappa shape index (κ3) is 11.7. The Morgan fingerprint density at radius 3 is 2.38 bits per heavy atom. The van der Waals surface area contributed by atoms with Gasteiger partial charge in [-0.15, -0.1) is 0 Å². The predicted octanol–water partition coefficient (Wildman–Crippen LogP) is 1.61. The summed E-state index contributed by atoms with van der Waals surface area (Å²) in [5.74, 6) is -0.200. The fourth-order valence-electron chi connectivity index (χ4n) is 1.03. The summed E-state index contributed by atoms with van der Waals surface area (Å²) in [6.07, 6.45) is 3.13. The molecule has 2 N–H and O–H groups in total. The highest BCUT2D eigenvalue weighted by Crippen LogP contribution is 2.35. The highest BCUT2D eigenvalue weighted by Gasteiger charge is 2.12. The molecule has 0 heterocycles. The maximum absolute atomic E-state index is 10.9. The summed E-state index contributed by atoms with van der Waals surface area (Å²) in [7, 11) is -4.33. The molecule has 6 nitrogen and oxygen atoms in total.